The predicted octanol–water partition coefficient (Wildman–Crippen LogP) is 2.67. The number of hydrogen-bond acceptors (Lipinski definition) is 4. The van der Waals surface area contributed by atoms with Crippen molar-refractivity contribution in [2.24, 2.45) is 0 Å². The quantitative estimate of drug-likeness (QED) is 0.811. The second kappa shape index (κ2) is 4.91. The average Bonchev–Trinajstić information content (AvgIpc) is 2.39. The minimum atomic E-state index is 0.322. The largest absolute Gasteiger partial charge is 0.495 e. The Morgan fingerprint density at radius 3 is 2.41 bits per heavy atom. The van der Waals surface area contributed by atoms with Gasteiger partial charge >= 0.3 is 0 Å². The van der Waals surface area contributed by atoms with Gasteiger partial charge in [-0.2, -0.15) is 0 Å². The number of aromatic nitrogens is 3. The molecule has 0 fully saturated rings. The molecule has 0 unspecified atom stereocenters. The van der Waals surface area contributed by atoms with Crippen molar-refractivity contribution in [3.05, 3.63) is 36.4 Å². The van der Waals surface area contributed by atoms with Crippen molar-refractivity contribution in [3.63, 3.8) is 0 Å². The molecule has 0 radical (unpaired) electrons. The minimum absolute atomic E-state index is 0.322. The Kier molecular flexibility index (Phi) is 3.32. The maximum Gasteiger partial charge on any atom is 0.137 e. The van der Waals surface area contributed by atoms with E-state index in [1.165, 1.54) is 0 Å². The van der Waals surface area contributed by atoms with Crippen molar-refractivity contribution >= 4 is 0 Å². The monoisotopic (exact) mass is 229 g/mol. The molecule has 0 N–H and O–H groups in total. The highest BCUT2D eigenvalue weighted by atomic mass is 16.5. The van der Waals surface area contributed by atoms with Crippen molar-refractivity contribution in [2.45, 2.75) is 19.8 Å². The Labute approximate surface area is 101 Å². The van der Waals surface area contributed by atoms with Gasteiger partial charge in [0.25, 0.3) is 0 Å². The fraction of sp³-hybridized carbons (Fsp3) is 0.308. The number of pyridine rings is 1. The molecule has 2 aromatic heterocycles. The molecule has 2 heterocycles. The van der Waals surface area contributed by atoms with Gasteiger partial charge in [-0.3, -0.25) is 15.0 Å². The fourth-order valence-corrected chi connectivity index (χ4v) is 1.61. The van der Waals surface area contributed by atoms with E-state index in [1.807, 2.05) is 12.1 Å². The SMILES string of the molecule is COc1ccc(-c2nccnc2C(C)C)nc1. The molecule has 0 amide bonds. The summed E-state index contributed by atoms with van der Waals surface area (Å²) in [5.74, 6) is 1.06. The van der Waals surface area contributed by atoms with E-state index in [1.54, 1.807) is 25.7 Å². The third-order valence-electron chi connectivity index (χ3n) is 2.49. The first kappa shape index (κ1) is 11.5. The van der Waals surface area contributed by atoms with E-state index in [-0.39, 0.29) is 0 Å². The number of methoxy groups -OCH3 is 1. The summed E-state index contributed by atoms with van der Waals surface area (Å²) in [7, 11) is 1.62. The van der Waals surface area contributed by atoms with Crippen molar-refractivity contribution < 1.29 is 4.74 Å². The molecule has 0 atom stereocenters. The van der Waals surface area contributed by atoms with E-state index in [0.717, 1.165) is 22.8 Å². The van der Waals surface area contributed by atoms with Gasteiger partial charge in [-0.1, -0.05) is 13.8 Å². The topological polar surface area (TPSA) is 47.9 Å². The lowest BCUT2D eigenvalue weighted by Gasteiger charge is -2.09. The molecule has 0 bridgehead atoms. The summed E-state index contributed by atoms with van der Waals surface area (Å²) in [6, 6.07) is 3.77. The summed E-state index contributed by atoms with van der Waals surface area (Å²) in [6.07, 6.45) is 5.09. The van der Waals surface area contributed by atoms with Gasteiger partial charge in [-0.25, -0.2) is 0 Å². The van der Waals surface area contributed by atoms with Crippen LogP contribution in [0.1, 0.15) is 25.5 Å². The summed E-state index contributed by atoms with van der Waals surface area (Å²) in [4.78, 5) is 13.1. The number of rotatable bonds is 3. The molecule has 2 aromatic rings. The van der Waals surface area contributed by atoms with E-state index in [4.69, 9.17) is 4.74 Å². The van der Waals surface area contributed by atoms with Crippen molar-refractivity contribution in [1.82, 2.24) is 15.0 Å². The van der Waals surface area contributed by atoms with Gasteiger partial charge in [-0.15, -0.1) is 0 Å². The summed E-state index contributed by atoms with van der Waals surface area (Å²) < 4.78 is 5.08. The normalized spacial score (nSPS) is 10.6. The fourth-order valence-electron chi connectivity index (χ4n) is 1.61. The third kappa shape index (κ3) is 2.41. The molecular weight excluding hydrogens is 214 g/mol. The van der Waals surface area contributed by atoms with Gasteiger partial charge in [0.15, 0.2) is 0 Å². The van der Waals surface area contributed by atoms with Crippen LogP contribution >= 0.6 is 0 Å². The minimum Gasteiger partial charge on any atom is -0.495 e. The molecule has 0 aliphatic heterocycles. The second-order valence-corrected chi connectivity index (χ2v) is 4.03. The average molecular weight is 229 g/mol. The number of nitrogens with zero attached hydrogens (tertiary/aromatic N) is 3. The first-order valence-corrected chi connectivity index (χ1v) is 5.53. The zero-order valence-electron chi connectivity index (χ0n) is 10.2. The first-order chi connectivity index (χ1) is 8.22. The molecule has 0 aromatic carbocycles. The molecule has 0 saturated heterocycles. The van der Waals surface area contributed by atoms with Gasteiger partial charge in [0, 0.05) is 12.4 Å². The molecule has 4 heteroatoms. The van der Waals surface area contributed by atoms with Crippen LogP contribution in [0.15, 0.2) is 30.7 Å². The molecule has 0 spiro atoms. The maximum absolute atomic E-state index is 5.08. The lowest BCUT2D eigenvalue weighted by atomic mass is 10.1. The standard InChI is InChI=1S/C13H15N3O/c1-9(2)12-13(15-7-6-14-12)11-5-4-10(17-3)8-16-11/h4-9H,1-3H3. The highest BCUT2D eigenvalue weighted by molar-refractivity contribution is 5.57. The molecule has 0 aliphatic rings. The van der Waals surface area contributed by atoms with E-state index < -0.39 is 0 Å². The van der Waals surface area contributed by atoms with Crippen LogP contribution in [0.4, 0.5) is 0 Å². The van der Waals surface area contributed by atoms with Crippen LogP contribution in [-0.2, 0) is 0 Å². The van der Waals surface area contributed by atoms with Gasteiger partial charge in [0.1, 0.15) is 11.4 Å². The predicted molar refractivity (Wildman–Crippen MR) is 65.9 cm³/mol. The summed E-state index contributed by atoms with van der Waals surface area (Å²) in [6.45, 7) is 4.19. The maximum atomic E-state index is 5.08. The Bertz CT molecular complexity index is 494. The first-order valence-electron chi connectivity index (χ1n) is 5.53. The van der Waals surface area contributed by atoms with Crippen LogP contribution in [0.2, 0.25) is 0 Å². The molecule has 0 saturated carbocycles. The smallest absolute Gasteiger partial charge is 0.137 e. The van der Waals surface area contributed by atoms with Crippen LogP contribution in [-0.4, -0.2) is 22.1 Å². The molecule has 0 aliphatic carbocycles. The van der Waals surface area contributed by atoms with Crippen molar-refractivity contribution in [3.8, 4) is 17.1 Å². The molecule has 88 valence electrons. The molecule has 4 nitrogen and oxygen atoms in total. The summed E-state index contributed by atoms with van der Waals surface area (Å²) in [5.41, 5.74) is 2.62. The summed E-state index contributed by atoms with van der Waals surface area (Å²) in [5, 5.41) is 0. The van der Waals surface area contributed by atoms with Gasteiger partial charge in [0.2, 0.25) is 0 Å². The third-order valence-corrected chi connectivity index (χ3v) is 2.49. The van der Waals surface area contributed by atoms with Gasteiger partial charge in [0.05, 0.1) is 24.7 Å². The highest BCUT2D eigenvalue weighted by Crippen LogP contribution is 2.24. The van der Waals surface area contributed by atoms with E-state index in [2.05, 4.69) is 28.8 Å². The van der Waals surface area contributed by atoms with Crippen LogP contribution in [0.3, 0.4) is 0 Å². The lowest BCUT2D eigenvalue weighted by molar-refractivity contribution is 0.413. The van der Waals surface area contributed by atoms with Crippen LogP contribution < -0.4 is 4.74 Å². The second-order valence-electron chi connectivity index (χ2n) is 4.03. The van der Waals surface area contributed by atoms with E-state index in [9.17, 15) is 0 Å². The zero-order chi connectivity index (χ0) is 12.3. The van der Waals surface area contributed by atoms with Crippen LogP contribution in [0.25, 0.3) is 11.4 Å². The van der Waals surface area contributed by atoms with Gasteiger partial charge in [-0.05, 0) is 18.1 Å². The van der Waals surface area contributed by atoms with Crippen molar-refractivity contribution in [1.29, 1.82) is 0 Å². The molecular formula is C13H15N3O. The Morgan fingerprint density at radius 1 is 1.06 bits per heavy atom. The number of ether oxygens (including phenoxy) is 1. The van der Waals surface area contributed by atoms with Gasteiger partial charge < -0.3 is 4.74 Å². The van der Waals surface area contributed by atoms with Crippen molar-refractivity contribution in [2.75, 3.05) is 7.11 Å². The zero-order valence-corrected chi connectivity index (χ0v) is 10.2. The van der Waals surface area contributed by atoms with E-state index in [0.29, 0.717) is 5.92 Å². The van der Waals surface area contributed by atoms with Crippen LogP contribution in [0, 0.1) is 0 Å². The highest BCUT2D eigenvalue weighted by Gasteiger charge is 2.11. The molecule has 17 heavy (non-hydrogen) atoms. The lowest BCUT2D eigenvalue weighted by Crippen LogP contribution is -2.00. The Balaban J connectivity index is 2.45. The van der Waals surface area contributed by atoms with E-state index >= 15 is 0 Å². The molecule has 2 rings (SSSR count). The van der Waals surface area contributed by atoms with Crippen LogP contribution in [0.5, 0.6) is 5.75 Å². The Morgan fingerprint density at radius 2 is 1.82 bits per heavy atom. The number of hydrogen-bond donors (Lipinski definition) is 0. The summed E-state index contributed by atoms with van der Waals surface area (Å²) >= 11 is 0. The Hall–Kier alpha value is -1.97.